The van der Waals surface area contributed by atoms with E-state index in [1.54, 1.807) is 0 Å². The fraction of sp³-hybridized carbons (Fsp3) is 0.588. The van der Waals surface area contributed by atoms with Crippen molar-refractivity contribution < 1.29 is 4.79 Å². The third kappa shape index (κ3) is 2.84. The van der Waals surface area contributed by atoms with Crippen molar-refractivity contribution in [1.82, 2.24) is 29.5 Å². The summed E-state index contributed by atoms with van der Waals surface area (Å²) in [5, 5.41) is 2.91. The van der Waals surface area contributed by atoms with E-state index in [0.717, 1.165) is 68.4 Å². The van der Waals surface area contributed by atoms with E-state index in [2.05, 4.69) is 43.8 Å². The second kappa shape index (κ2) is 6.05. The van der Waals surface area contributed by atoms with E-state index >= 15 is 0 Å². The molecule has 0 spiro atoms. The van der Waals surface area contributed by atoms with Crippen LogP contribution in [0.5, 0.6) is 0 Å². The number of carbonyl (C=O) groups excluding carboxylic acids is 1. The number of rotatable bonds is 3. The van der Waals surface area contributed by atoms with Gasteiger partial charge in [0.25, 0.3) is 0 Å². The molecule has 7 heteroatoms. The highest BCUT2D eigenvalue weighted by molar-refractivity contribution is 5.76. The van der Waals surface area contributed by atoms with E-state index in [1.165, 1.54) is 0 Å². The lowest BCUT2D eigenvalue weighted by molar-refractivity contribution is 0.121. The highest BCUT2D eigenvalue weighted by atomic mass is 16.2. The molecule has 4 heterocycles. The molecule has 0 radical (unpaired) electrons. The summed E-state index contributed by atoms with van der Waals surface area (Å²) in [4.78, 5) is 25.5. The smallest absolute Gasteiger partial charge is 0.317 e. The zero-order valence-electron chi connectivity index (χ0n) is 14.3. The predicted molar refractivity (Wildman–Crippen MR) is 90.9 cm³/mol. The maximum Gasteiger partial charge on any atom is 0.317 e. The van der Waals surface area contributed by atoms with Crippen LogP contribution in [0.25, 0.3) is 5.78 Å². The first-order valence-corrected chi connectivity index (χ1v) is 8.69. The Morgan fingerprint density at radius 3 is 2.96 bits per heavy atom. The molecule has 128 valence electrons. The molecule has 2 amide bonds. The second-order valence-electron chi connectivity index (χ2n) is 6.90. The summed E-state index contributed by atoms with van der Waals surface area (Å²) in [6.07, 6.45) is 4.30. The van der Waals surface area contributed by atoms with Crippen LogP contribution in [0.4, 0.5) is 4.79 Å². The van der Waals surface area contributed by atoms with Crippen molar-refractivity contribution >= 4 is 11.8 Å². The number of fused-ring (bicyclic) bond motifs is 1. The van der Waals surface area contributed by atoms with Crippen LogP contribution in [0.3, 0.4) is 0 Å². The van der Waals surface area contributed by atoms with Gasteiger partial charge >= 0.3 is 6.03 Å². The lowest BCUT2D eigenvalue weighted by Gasteiger charge is -2.36. The summed E-state index contributed by atoms with van der Waals surface area (Å²) in [5.41, 5.74) is 3.19. The molecule has 2 aromatic rings. The van der Waals surface area contributed by atoms with Gasteiger partial charge in [0.05, 0.1) is 5.69 Å². The first-order valence-electron chi connectivity index (χ1n) is 8.69. The third-order valence-corrected chi connectivity index (χ3v) is 5.01. The molecule has 1 atom stereocenters. The number of amides is 2. The molecule has 0 saturated carbocycles. The molecule has 4 rings (SSSR count). The zero-order valence-corrected chi connectivity index (χ0v) is 14.3. The fourth-order valence-electron chi connectivity index (χ4n) is 3.89. The van der Waals surface area contributed by atoms with Crippen molar-refractivity contribution in [3.8, 4) is 0 Å². The van der Waals surface area contributed by atoms with Crippen LogP contribution in [0.15, 0.2) is 12.3 Å². The van der Waals surface area contributed by atoms with Crippen molar-refractivity contribution in [3.05, 3.63) is 29.3 Å². The average Bonchev–Trinajstić information content (AvgIpc) is 3.13. The van der Waals surface area contributed by atoms with Crippen molar-refractivity contribution in [1.29, 1.82) is 0 Å². The number of urea groups is 1. The summed E-state index contributed by atoms with van der Waals surface area (Å²) in [5.74, 6) is 0.773. The number of carbonyl (C=O) groups is 1. The Morgan fingerprint density at radius 2 is 2.17 bits per heavy atom. The summed E-state index contributed by atoms with van der Waals surface area (Å²) in [6, 6.07) is 2.48. The van der Waals surface area contributed by atoms with Gasteiger partial charge in [-0.15, -0.1) is 0 Å². The zero-order chi connectivity index (χ0) is 16.7. The van der Waals surface area contributed by atoms with Crippen LogP contribution in [0.2, 0.25) is 0 Å². The van der Waals surface area contributed by atoms with Crippen LogP contribution < -0.4 is 5.32 Å². The largest absolute Gasteiger partial charge is 0.336 e. The minimum Gasteiger partial charge on any atom is -0.336 e. The average molecular weight is 328 g/mol. The van der Waals surface area contributed by atoms with Crippen molar-refractivity contribution in [2.45, 2.75) is 39.3 Å². The molecule has 2 aromatic heterocycles. The monoisotopic (exact) mass is 328 g/mol. The molecular formula is C17H24N6O. The van der Waals surface area contributed by atoms with Gasteiger partial charge in [-0.2, -0.15) is 0 Å². The molecule has 0 aliphatic carbocycles. The number of nitrogens with zero attached hydrogens (tertiary/aromatic N) is 5. The minimum absolute atomic E-state index is 0.0879. The fourth-order valence-corrected chi connectivity index (χ4v) is 3.89. The number of hydrogen-bond acceptors (Lipinski definition) is 4. The van der Waals surface area contributed by atoms with Crippen LogP contribution in [0, 0.1) is 13.8 Å². The van der Waals surface area contributed by atoms with Gasteiger partial charge in [0.15, 0.2) is 0 Å². The van der Waals surface area contributed by atoms with Crippen LogP contribution in [-0.4, -0.2) is 62.4 Å². The third-order valence-electron chi connectivity index (χ3n) is 5.01. The second-order valence-corrected chi connectivity index (χ2v) is 6.90. The van der Waals surface area contributed by atoms with Crippen molar-refractivity contribution in [3.63, 3.8) is 0 Å². The maximum atomic E-state index is 11.9. The van der Waals surface area contributed by atoms with Crippen molar-refractivity contribution in [2.24, 2.45) is 0 Å². The maximum absolute atomic E-state index is 11.9. The number of likely N-dealkylation sites (tertiary alicyclic amines) is 1. The van der Waals surface area contributed by atoms with Crippen LogP contribution >= 0.6 is 0 Å². The Labute approximate surface area is 141 Å². The first kappa shape index (κ1) is 15.4. The van der Waals surface area contributed by atoms with E-state index in [-0.39, 0.29) is 6.03 Å². The molecule has 7 nitrogen and oxygen atoms in total. The number of aromatic nitrogens is 3. The number of nitrogens with one attached hydrogen (secondary N) is 1. The van der Waals surface area contributed by atoms with Crippen LogP contribution in [0.1, 0.15) is 29.9 Å². The van der Waals surface area contributed by atoms with Gasteiger partial charge in [-0.25, -0.2) is 14.8 Å². The number of imidazole rings is 1. The lowest BCUT2D eigenvalue weighted by atomic mass is 10.0. The van der Waals surface area contributed by atoms with Gasteiger partial charge in [-0.05, 0) is 39.3 Å². The van der Waals surface area contributed by atoms with Gasteiger partial charge in [0.2, 0.25) is 5.78 Å². The Morgan fingerprint density at radius 1 is 1.29 bits per heavy atom. The van der Waals surface area contributed by atoms with Crippen LogP contribution in [-0.2, 0) is 6.54 Å². The molecule has 1 unspecified atom stereocenters. The molecular weight excluding hydrogens is 304 g/mol. The van der Waals surface area contributed by atoms with Gasteiger partial charge in [0.1, 0.15) is 0 Å². The normalized spacial score (nSPS) is 22.3. The number of hydrogen-bond donors (Lipinski definition) is 1. The van der Waals surface area contributed by atoms with E-state index in [1.807, 2.05) is 11.8 Å². The molecule has 2 saturated heterocycles. The standard InChI is InChI=1S/C17H24N6O/c1-12-8-13(2)23-10-14(20-16(23)19-12)9-21-6-3-4-15(11-21)22-7-5-18-17(22)24/h8,10,15H,3-7,9,11H2,1-2H3,(H,18,24). The van der Waals surface area contributed by atoms with E-state index in [4.69, 9.17) is 0 Å². The topological polar surface area (TPSA) is 65.8 Å². The van der Waals surface area contributed by atoms with Gasteiger partial charge in [-0.1, -0.05) is 0 Å². The summed E-state index contributed by atoms with van der Waals surface area (Å²) in [6.45, 7) is 8.47. The van der Waals surface area contributed by atoms with Gasteiger partial charge in [0, 0.05) is 49.8 Å². The van der Waals surface area contributed by atoms with E-state index in [0.29, 0.717) is 6.04 Å². The summed E-state index contributed by atoms with van der Waals surface area (Å²) in [7, 11) is 0. The lowest BCUT2D eigenvalue weighted by Crippen LogP contribution is -2.48. The summed E-state index contributed by atoms with van der Waals surface area (Å²) < 4.78 is 2.05. The quantitative estimate of drug-likeness (QED) is 0.923. The van der Waals surface area contributed by atoms with Gasteiger partial charge in [-0.3, -0.25) is 9.30 Å². The number of aryl methyl sites for hydroxylation is 2. The number of piperidine rings is 1. The van der Waals surface area contributed by atoms with Gasteiger partial charge < -0.3 is 10.2 Å². The molecule has 1 N–H and O–H groups in total. The minimum atomic E-state index is 0.0879. The Hall–Kier alpha value is -2.15. The molecule has 0 bridgehead atoms. The Bertz CT molecular complexity index is 770. The molecule has 2 aliphatic heterocycles. The first-order chi connectivity index (χ1) is 11.6. The van der Waals surface area contributed by atoms with E-state index < -0.39 is 0 Å². The predicted octanol–water partition coefficient (Wildman–Crippen LogP) is 1.34. The molecule has 2 fully saturated rings. The Kier molecular flexibility index (Phi) is 3.88. The SMILES string of the molecule is Cc1cc(C)n2cc(CN3CCCC(N4CCNC4=O)C3)nc2n1. The van der Waals surface area contributed by atoms with E-state index in [9.17, 15) is 4.79 Å². The highest BCUT2D eigenvalue weighted by Gasteiger charge is 2.31. The van der Waals surface area contributed by atoms with Crippen molar-refractivity contribution in [2.75, 3.05) is 26.2 Å². The molecule has 24 heavy (non-hydrogen) atoms. The Balaban J connectivity index is 1.48. The highest BCUT2D eigenvalue weighted by Crippen LogP contribution is 2.19. The molecule has 2 aliphatic rings. The summed E-state index contributed by atoms with van der Waals surface area (Å²) >= 11 is 0. The molecule has 0 aromatic carbocycles.